The van der Waals surface area contributed by atoms with Crippen molar-refractivity contribution in [1.82, 2.24) is 9.55 Å². The summed E-state index contributed by atoms with van der Waals surface area (Å²) in [5.74, 6) is -2.14. The topological polar surface area (TPSA) is 98.5 Å². The molecule has 0 aliphatic carbocycles. The van der Waals surface area contributed by atoms with E-state index < -0.39 is 17.9 Å². The summed E-state index contributed by atoms with van der Waals surface area (Å²) in [6.45, 7) is 6.49. The van der Waals surface area contributed by atoms with Gasteiger partial charge in [0.1, 0.15) is 0 Å². The number of imidazole rings is 1. The van der Waals surface area contributed by atoms with Crippen LogP contribution in [0.4, 0.5) is 0 Å². The van der Waals surface area contributed by atoms with Crippen molar-refractivity contribution in [3.05, 3.63) is 50.1 Å². The lowest BCUT2D eigenvalue weighted by atomic mass is 10.6. The lowest BCUT2D eigenvalue weighted by Gasteiger charge is -1.80. The van der Waals surface area contributed by atoms with Crippen LogP contribution in [0, 0.1) is 0 Å². The molecular formula is C12H12N2O5. The van der Waals surface area contributed by atoms with Gasteiger partial charge in [0.05, 0.1) is 6.33 Å². The summed E-state index contributed by atoms with van der Waals surface area (Å²) in [5.41, 5.74) is 0. The van der Waals surface area contributed by atoms with Crippen molar-refractivity contribution in [3.8, 4) is 0 Å². The van der Waals surface area contributed by atoms with Gasteiger partial charge in [-0.25, -0.2) is 19.4 Å². The largest absolute Gasteiger partial charge is 0.478 e. The van der Waals surface area contributed by atoms with Gasteiger partial charge in [0.25, 0.3) is 0 Å². The summed E-state index contributed by atoms with van der Waals surface area (Å²) in [6, 6.07) is 0. The second-order valence-corrected chi connectivity index (χ2v) is 2.81. The Bertz CT molecular complexity index is 472. The average molecular weight is 264 g/mol. The Balaban J connectivity index is 0.000000261. The molecular weight excluding hydrogens is 252 g/mol. The van der Waals surface area contributed by atoms with Crippen LogP contribution in [0.15, 0.2) is 50.1 Å². The minimum absolute atomic E-state index is 0.579. The Labute approximate surface area is 109 Å². The summed E-state index contributed by atoms with van der Waals surface area (Å²) in [5, 5.41) is 7.60. The smallest absolute Gasteiger partial charge is 0.338 e. The summed E-state index contributed by atoms with van der Waals surface area (Å²) < 4.78 is 5.75. The zero-order chi connectivity index (χ0) is 14.7. The maximum absolute atomic E-state index is 9.92. The minimum Gasteiger partial charge on any atom is -0.478 e. The third-order valence-electron chi connectivity index (χ3n) is 1.47. The second-order valence-electron chi connectivity index (χ2n) is 2.81. The molecule has 0 atom stereocenters. The molecule has 0 aromatic carbocycles. The van der Waals surface area contributed by atoms with Gasteiger partial charge < -0.3 is 14.4 Å². The van der Waals surface area contributed by atoms with Crippen molar-refractivity contribution >= 4 is 24.1 Å². The third kappa shape index (κ3) is 8.81. The van der Waals surface area contributed by atoms with Crippen molar-refractivity contribution in [2.45, 2.75) is 0 Å². The quantitative estimate of drug-likeness (QED) is 0.483. The first kappa shape index (κ1) is 16.0. The summed E-state index contributed by atoms with van der Waals surface area (Å²) in [7, 11) is 0. The molecule has 1 aliphatic heterocycles. The van der Waals surface area contributed by atoms with E-state index in [9.17, 15) is 14.4 Å². The number of esters is 2. The number of carbonyl (C=O) groups excluding carboxylic acids is 2. The molecule has 1 aromatic rings. The third-order valence-corrected chi connectivity index (χ3v) is 1.47. The lowest BCUT2D eigenvalue weighted by molar-refractivity contribution is -0.150. The number of carbonyl (C=O) groups is 3. The van der Waals surface area contributed by atoms with E-state index in [2.05, 4.69) is 22.9 Å². The Morgan fingerprint density at radius 3 is 2.00 bits per heavy atom. The number of hydrogen-bond donors (Lipinski definition) is 1. The molecule has 7 nitrogen and oxygen atoms in total. The van der Waals surface area contributed by atoms with Crippen molar-refractivity contribution in [2.24, 2.45) is 0 Å². The highest BCUT2D eigenvalue weighted by molar-refractivity contribution is 6.04. The van der Waals surface area contributed by atoms with E-state index in [1.54, 1.807) is 23.3 Å². The van der Waals surface area contributed by atoms with Crippen LogP contribution in [0.1, 0.15) is 0 Å². The molecule has 0 saturated carbocycles. The van der Waals surface area contributed by atoms with Crippen LogP contribution in [0.2, 0.25) is 0 Å². The highest BCUT2D eigenvalue weighted by atomic mass is 16.6. The van der Waals surface area contributed by atoms with Crippen LogP contribution in [-0.2, 0) is 19.1 Å². The van der Waals surface area contributed by atoms with Crippen LogP contribution in [0.3, 0.4) is 0 Å². The molecule has 0 amide bonds. The van der Waals surface area contributed by atoms with Gasteiger partial charge >= 0.3 is 17.9 Å². The molecule has 0 unspecified atom stereocenters. The molecule has 0 fully saturated rings. The van der Waals surface area contributed by atoms with Gasteiger partial charge in [-0.15, -0.1) is 0 Å². The average Bonchev–Trinajstić information content (AvgIpc) is 3.02. The highest BCUT2D eigenvalue weighted by Gasteiger charge is 2.10. The van der Waals surface area contributed by atoms with Crippen LogP contribution in [0.5, 0.6) is 0 Å². The molecule has 0 saturated heterocycles. The normalized spacial score (nSPS) is 11.4. The molecule has 2 heterocycles. The Morgan fingerprint density at radius 1 is 1.32 bits per heavy atom. The van der Waals surface area contributed by atoms with Crippen molar-refractivity contribution in [1.29, 1.82) is 0 Å². The first-order valence-electron chi connectivity index (χ1n) is 4.88. The Morgan fingerprint density at radius 2 is 1.84 bits per heavy atom. The fourth-order valence-corrected chi connectivity index (χ4v) is 0.681. The number of carboxylic acids is 1. The molecule has 0 spiro atoms. The van der Waals surface area contributed by atoms with E-state index in [0.29, 0.717) is 0 Å². The molecule has 0 radical (unpaired) electrons. The van der Waals surface area contributed by atoms with Gasteiger partial charge in [0.2, 0.25) is 0 Å². The Hall–Kier alpha value is -2.96. The molecule has 1 aliphatic rings. The number of carboxylic acid groups (broad SMARTS) is 1. The summed E-state index contributed by atoms with van der Waals surface area (Å²) in [4.78, 5) is 32.9. The predicted molar refractivity (Wildman–Crippen MR) is 66.7 cm³/mol. The van der Waals surface area contributed by atoms with Crippen molar-refractivity contribution in [2.75, 3.05) is 0 Å². The first-order chi connectivity index (χ1) is 8.99. The number of hydrogen-bond acceptors (Lipinski definition) is 5. The number of aliphatic carboxylic acids is 1. The minimum atomic E-state index is -0.981. The number of ether oxygens (including phenoxy) is 1. The van der Waals surface area contributed by atoms with Gasteiger partial charge in [0, 0.05) is 36.8 Å². The maximum Gasteiger partial charge on any atom is 0.338 e. The van der Waals surface area contributed by atoms with Crippen LogP contribution in [0.25, 0.3) is 6.20 Å². The molecule has 0 bridgehead atoms. The molecule has 19 heavy (non-hydrogen) atoms. The van der Waals surface area contributed by atoms with E-state index in [-0.39, 0.29) is 0 Å². The molecule has 7 heteroatoms. The monoisotopic (exact) mass is 264 g/mol. The maximum atomic E-state index is 9.92. The number of cyclic esters (lactones) is 2. The van der Waals surface area contributed by atoms with E-state index >= 15 is 0 Å². The number of rotatable bonds is 2. The number of aromatic nitrogens is 2. The predicted octanol–water partition coefficient (Wildman–Crippen LogP) is 0.867. The molecule has 1 N–H and O–H groups in total. The SMILES string of the molecule is C=CC(=O)O.C=Cn1ccnc1.O=C1C=CC(=O)O1. The van der Waals surface area contributed by atoms with Crippen molar-refractivity contribution < 1.29 is 24.2 Å². The zero-order valence-electron chi connectivity index (χ0n) is 9.93. The van der Waals surface area contributed by atoms with Gasteiger partial charge in [-0.05, 0) is 0 Å². The van der Waals surface area contributed by atoms with Crippen LogP contribution in [-0.4, -0.2) is 32.6 Å². The Kier molecular flexibility index (Phi) is 7.69. The number of nitrogens with zero attached hydrogens (tertiary/aromatic N) is 2. The van der Waals surface area contributed by atoms with E-state index in [1.807, 2.05) is 6.20 Å². The lowest BCUT2D eigenvalue weighted by Crippen LogP contribution is -1.96. The summed E-state index contributed by atoms with van der Waals surface area (Å²) in [6.07, 6.45) is 9.92. The molecule has 1 aromatic heterocycles. The van der Waals surface area contributed by atoms with Crippen LogP contribution < -0.4 is 0 Å². The van der Waals surface area contributed by atoms with Crippen molar-refractivity contribution in [3.63, 3.8) is 0 Å². The summed E-state index contributed by atoms with van der Waals surface area (Å²) >= 11 is 0. The van der Waals surface area contributed by atoms with E-state index in [4.69, 9.17) is 5.11 Å². The van der Waals surface area contributed by atoms with Gasteiger partial charge in [-0.2, -0.15) is 0 Å². The molecule has 100 valence electrons. The first-order valence-corrected chi connectivity index (χ1v) is 4.88. The standard InChI is InChI=1S/C5H6N2.C4H2O3.C3H4O2/c1-2-7-4-3-6-5-7;5-3-1-2-4(6)7-3;1-2-3(4)5/h2-5H,1H2;1-2H;2H,1H2,(H,4,5). The van der Waals surface area contributed by atoms with Gasteiger partial charge in [0.15, 0.2) is 0 Å². The highest BCUT2D eigenvalue weighted by Crippen LogP contribution is 1.92. The fourth-order valence-electron chi connectivity index (χ4n) is 0.681. The fraction of sp³-hybridized carbons (Fsp3) is 0. The van der Waals surface area contributed by atoms with E-state index in [0.717, 1.165) is 18.2 Å². The molecule has 2 rings (SSSR count). The van der Waals surface area contributed by atoms with E-state index in [1.165, 1.54) is 0 Å². The zero-order valence-corrected chi connectivity index (χ0v) is 9.93. The van der Waals surface area contributed by atoms with Gasteiger partial charge in [-0.1, -0.05) is 13.2 Å². The second kappa shape index (κ2) is 9.11. The van der Waals surface area contributed by atoms with Crippen LogP contribution >= 0.6 is 0 Å². The van der Waals surface area contributed by atoms with Gasteiger partial charge in [-0.3, -0.25) is 0 Å².